The zero-order chi connectivity index (χ0) is 12.7. The third-order valence-corrected chi connectivity index (χ3v) is 2.55. The number of nitrogens with one attached hydrogen (secondary N) is 2. The fourth-order valence-electron chi connectivity index (χ4n) is 1.61. The van der Waals surface area contributed by atoms with Gasteiger partial charge in [0.05, 0.1) is 0 Å². The Kier molecular flexibility index (Phi) is 5.30. The van der Waals surface area contributed by atoms with Crippen molar-refractivity contribution in [2.75, 3.05) is 26.2 Å². The van der Waals surface area contributed by atoms with Crippen LogP contribution in [0, 0.1) is 12.3 Å². The van der Waals surface area contributed by atoms with E-state index in [2.05, 4.69) is 16.6 Å². The molecule has 1 rings (SSSR count). The summed E-state index contributed by atoms with van der Waals surface area (Å²) in [7, 11) is 0. The van der Waals surface area contributed by atoms with Crippen LogP contribution in [-0.2, 0) is 4.79 Å². The lowest BCUT2D eigenvalue weighted by Crippen LogP contribution is -2.48. The predicted octanol–water partition coefficient (Wildman–Crippen LogP) is -0.532. The maximum atomic E-state index is 11.8. The molecule has 0 spiro atoms. The molecule has 6 heteroatoms. The Hall–Kier alpha value is -1.74. The number of terminal acetylenes is 1. The molecule has 0 aromatic carbocycles. The third kappa shape index (κ3) is 4.33. The predicted molar refractivity (Wildman–Crippen MR) is 62.5 cm³/mol. The highest BCUT2D eigenvalue weighted by atomic mass is 16.4. The number of aliphatic carboxylic acids is 1. The lowest BCUT2D eigenvalue weighted by Gasteiger charge is -2.22. The molecule has 1 heterocycles. The van der Waals surface area contributed by atoms with Gasteiger partial charge in [0.25, 0.3) is 0 Å². The van der Waals surface area contributed by atoms with Gasteiger partial charge in [0, 0.05) is 26.1 Å². The number of nitrogens with zero attached hydrogens (tertiary/aromatic N) is 1. The Morgan fingerprint density at radius 3 is 2.88 bits per heavy atom. The van der Waals surface area contributed by atoms with E-state index in [0.717, 1.165) is 19.5 Å². The molecule has 1 aliphatic rings. The van der Waals surface area contributed by atoms with E-state index in [-0.39, 0.29) is 12.5 Å². The maximum Gasteiger partial charge on any atom is 0.327 e. The first kappa shape index (κ1) is 13.3. The van der Waals surface area contributed by atoms with Gasteiger partial charge in [0.2, 0.25) is 0 Å². The fourth-order valence-corrected chi connectivity index (χ4v) is 1.61. The van der Waals surface area contributed by atoms with E-state index in [1.807, 2.05) is 0 Å². The van der Waals surface area contributed by atoms with Crippen LogP contribution in [0.3, 0.4) is 0 Å². The van der Waals surface area contributed by atoms with Crippen LogP contribution < -0.4 is 10.6 Å². The van der Waals surface area contributed by atoms with E-state index in [1.165, 1.54) is 0 Å². The van der Waals surface area contributed by atoms with Crippen molar-refractivity contribution in [3.05, 3.63) is 0 Å². The summed E-state index contributed by atoms with van der Waals surface area (Å²) >= 11 is 0. The van der Waals surface area contributed by atoms with Crippen molar-refractivity contribution in [2.24, 2.45) is 0 Å². The molecular weight excluding hydrogens is 222 g/mol. The number of rotatable bonds is 3. The molecule has 0 bridgehead atoms. The fraction of sp³-hybridized carbons (Fsp3) is 0.636. The molecule has 1 aliphatic heterocycles. The smallest absolute Gasteiger partial charge is 0.327 e. The summed E-state index contributed by atoms with van der Waals surface area (Å²) in [6.07, 6.45) is 5.91. The average molecular weight is 239 g/mol. The van der Waals surface area contributed by atoms with Crippen LogP contribution in [0.25, 0.3) is 0 Å². The first-order valence-electron chi connectivity index (χ1n) is 5.57. The van der Waals surface area contributed by atoms with Crippen LogP contribution in [0.15, 0.2) is 0 Å². The van der Waals surface area contributed by atoms with Gasteiger partial charge in [-0.2, -0.15) is 0 Å². The Balaban J connectivity index is 2.50. The largest absolute Gasteiger partial charge is 0.480 e. The number of carboxylic acids is 1. The van der Waals surface area contributed by atoms with Crippen LogP contribution in [-0.4, -0.2) is 54.2 Å². The molecule has 3 N–H and O–H groups in total. The van der Waals surface area contributed by atoms with Gasteiger partial charge in [-0.25, -0.2) is 9.59 Å². The van der Waals surface area contributed by atoms with Crippen molar-refractivity contribution < 1.29 is 14.7 Å². The van der Waals surface area contributed by atoms with Crippen molar-refractivity contribution in [2.45, 2.75) is 18.9 Å². The van der Waals surface area contributed by atoms with Gasteiger partial charge in [-0.15, -0.1) is 12.3 Å². The molecule has 0 saturated carbocycles. The van der Waals surface area contributed by atoms with Crippen molar-refractivity contribution in [3.63, 3.8) is 0 Å². The maximum absolute atomic E-state index is 11.8. The normalized spacial score (nSPS) is 17.7. The first-order chi connectivity index (χ1) is 8.15. The molecule has 0 aliphatic carbocycles. The number of hydrogen-bond donors (Lipinski definition) is 3. The molecule has 0 aromatic heterocycles. The molecule has 1 atom stereocenters. The minimum absolute atomic E-state index is 0.00678. The summed E-state index contributed by atoms with van der Waals surface area (Å²) in [4.78, 5) is 24.2. The zero-order valence-electron chi connectivity index (χ0n) is 9.61. The van der Waals surface area contributed by atoms with E-state index in [1.54, 1.807) is 4.90 Å². The number of hydrogen-bond acceptors (Lipinski definition) is 3. The summed E-state index contributed by atoms with van der Waals surface area (Å²) in [5.74, 6) is 1.14. The van der Waals surface area contributed by atoms with Gasteiger partial charge >= 0.3 is 12.0 Å². The third-order valence-electron chi connectivity index (χ3n) is 2.55. The van der Waals surface area contributed by atoms with Gasteiger partial charge in [-0.05, 0) is 13.0 Å². The number of amides is 2. The minimum Gasteiger partial charge on any atom is -0.480 e. The van der Waals surface area contributed by atoms with Crippen LogP contribution in [0.5, 0.6) is 0 Å². The van der Waals surface area contributed by atoms with E-state index in [9.17, 15) is 9.59 Å². The quantitative estimate of drug-likeness (QED) is 0.578. The molecule has 6 nitrogen and oxygen atoms in total. The molecule has 94 valence electrons. The Labute approximate surface area is 100 Å². The molecule has 1 fully saturated rings. The van der Waals surface area contributed by atoms with Crippen molar-refractivity contribution in [1.82, 2.24) is 15.5 Å². The average Bonchev–Trinajstić information content (AvgIpc) is 2.56. The number of urea groups is 1. The molecule has 0 radical (unpaired) electrons. The van der Waals surface area contributed by atoms with Gasteiger partial charge in [0.1, 0.15) is 6.04 Å². The van der Waals surface area contributed by atoms with Crippen LogP contribution in [0.1, 0.15) is 12.8 Å². The highest BCUT2D eigenvalue weighted by Gasteiger charge is 2.22. The van der Waals surface area contributed by atoms with E-state index in [0.29, 0.717) is 13.1 Å². The topological polar surface area (TPSA) is 81.7 Å². The SMILES string of the molecule is C#CCC(NC(=O)N1CCCNCC1)C(=O)O. The number of carbonyl (C=O) groups excluding carboxylic acids is 1. The lowest BCUT2D eigenvalue weighted by atomic mass is 10.2. The summed E-state index contributed by atoms with van der Waals surface area (Å²) in [5.41, 5.74) is 0. The van der Waals surface area contributed by atoms with Gasteiger partial charge < -0.3 is 20.6 Å². The van der Waals surface area contributed by atoms with Gasteiger partial charge in [-0.3, -0.25) is 0 Å². The van der Waals surface area contributed by atoms with Crippen LogP contribution >= 0.6 is 0 Å². The molecular formula is C11H17N3O3. The summed E-state index contributed by atoms with van der Waals surface area (Å²) in [6, 6.07) is -1.37. The summed E-state index contributed by atoms with van der Waals surface area (Å²) in [5, 5.41) is 14.5. The molecule has 2 amide bonds. The second-order valence-corrected chi connectivity index (χ2v) is 3.84. The Morgan fingerprint density at radius 1 is 1.47 bits per heavy atom. The molecule has 17 heavy (non-hydrogen) atoms. The van der Waals surface area contributed by atoms with Crippen LogP contribution in [0.4, 0.5) is 4.79 Å². The van der Waals surface area contributed by atoms with Gasteiger partial charge in [-0.1, -0.05) is 0 Å². The molecule has 0 aromatic rings. The standard InChI is InChI=1S/C11H17N3O3/c1-2-4-9(10(15)16)13-11(17)14-7-3-5-12-6-8-14/h1,9,12H,3-8H2,(H,13,17)(H,15,16). The number of carbonyl (C=O) groups is 2. The zero-order valence-corrected chi connectivity index (χ0v) is 9.61. The Bertz CT molecular complexity index is 316. The van der Waals surface area contributed by atoms with E-state index < -0.39 is 12.0 Å². The van der Waals surface area contributed by atoms with Crippen molar-refractivity contribution >= 4 is 12.0 Å². The molecule has 1 unspecified atom stereocenters. The molecule has 1 saturated heterocycles. The second kappa shape index (κ2) is 6.76. The highest BCUT2D eigenvalue weighted by molar-refractivity contribution is 5.82. The minimum atomic E-state index is -1.11. The lowest BCUT2D eigenvalue weighted by molar-refractivity contribution is -0.139. The van der Waals surface area contributed by atoms with E-state index >= 15 is 0 Å². The first-order valence-corrected chi connectivity index (χ1v) is 5.57. The van der Waals surface area contributed by atoms with Crippen LogP contribution in [0.2, 0.25) is 0 Å². The number of carboxylic acid groups (broad SMARTS) is 1. The Morgan fingerprint density at radius 2 is 2.24 bits per heavy atom. The van der Waals surface area contributed by atoms with E-state index in [4.69, 9.17) is 11.5 Å². The highest BCUT2D eigenvalue weighted by Crippen LogP contribution is 1.98. The van der Waals surface area contributed by atoms with Crippen molar-refractivity contribution in [1.29, 1.82) is 0 Å². The summed E-state index contributed by atoms with van der Waals surface area (Å²) in [6.45, 7) is 2.80. The summed E-state index contributed by atoms with van der Waals surface area (Å²) < 4.78 is 0. The van der Waals surface area contributed by atoms with Crippen molar-refractivity contribution in [3.8, 4) is 12.3 Å². The second-order valence-electron chi connectivity index (χ2n) is 3.84. The van der Waals surface area contributed by atoms with Gasteiger partial charge in [0.15, 0.2) is 0 Å². The monoisotopic (exact) mass is 239 g/mol.